The number of unbranched alkanes of at least 4 members (excludes halogenated alkanes) is 2. The molecule has 2 aromatic rings. The molecular formula is C25H28N2O5S. The van der Waals surface area contributed by atoms with E-state index in [1.54, 1.807) is 0 Å². The van der Waals surface area contributed by atoms with Crippen LogP contribution in [0.1, 0.15) is 42.7 Å². The second-order valence-electron chi connectivity index (χ2n) is 8.28. The van der Waals surface area contributed by atoms with Crippen molar-refractivity contribution in [3.63, 3.8) is 0 Å². The monoisotopic (exact) mass is 468 g/mol. The largest absolute Gasteiger partial charge is 0.480 e. The van der Waals surface area contributed by atoms with Crippen LogP contribution in [-0.2, 0) is 14.3 Å². The van der Waals surface area contributed by atoms with Gasteiger partial charge in [-0.3, -0.25) is 4.79 Å². The number of carboxylic acid groups (broad SMARTS) is 1. The summed E-state index contributed by atoms with van der Waals surface area (Å²) in [6, 6.07) is 15.7. The SMILES string of the molecule is O=C(NCCCCCC(=O)N1CSCC1C(=O)O)OCC1c2ccccc2-c2ccccc21. The third-order valence-electron chi connectivity index (χ3n) is 6.17. The molecule has 0 saturated carbocycles. The number of rotatable bonds is 9. The first-order valence-corrected chi connectivity index (χ1v) is 12.4. The molecule has 1 fully saturated rings. The van der Waals surface area contributed by atoms with Crippen LogP contribution in [0.3, 0.4) is 0 Å². The molecule has 1 aliphatic heterocycles. The summed E-state index contributed by atoms with van der Waals surface area (Å²) in [5.74, 6) is -0.130. The molecule has 2 aromatic carbocycles. The number of nitrogens with one attached hydrogen (secondary N) is 1. The zero-order valence-electron chi connectivity index (χ0n) is 18.4. The Morgan fingerprint density at radius 3 is 2.33 bits per heavy atom. The van der Waals surface area contributed by atoms with Crippen molar-refractivity contribution < 1.29 is 24.2 Å². The van der Waals surface area contributed by atoms with Gasteiger partial charge in [0, 0.05) is 24.6 Å². The van der Waals surface area contributed by atoms with Gasteiger partial charge in [0.25, 0.3) is 0 Å². The Labute approximate surface area is 197 Å². The molecular weight excluding hydrogens is 440 g/mol. The Balaban J connectivity index is 1.15. The first kappa shape index (κ1) is 23.2. The summed E-state index contributed by atoms with van der Waals surface area (Å²) in [6.45, 7) is 0.759. The van der Waals surface area contributed by atoms with Crippen molar-refractivity contribution in [2.75, 3.05) is 24.8 Å². The highest BCUT2D eigenvalue weighted by Crippen LogP contribution is 2.44. The van der Waals surface area contributed by atoms with Gasteiger partial charge >= 0.3 is 12.1 Å². The molecule has 2 N–H and O–H groups in total. The Morgan fingerprint density at radius 1 is 1.00 bits per heavy atom. The van der Waals surface area contributed by atoms with Crippen LogP contribution in [0.4, 0.5) is 4.79 Å². The first-order valence-electron chi connectivity index (χ1n) is 11.2. The smallest absolute Gasteiger partial charge is 0.407 e. The van der Waals surface area contributed by atoms with E-state index in [0.717, 1.165) is 12.8 Å². The van der Waals surface area contributed by atoms with E-state index in [-0.39, 0.29) is 18.4 Å². The Kier molecular flexibility index (Phi) is 7.54. The number of nitrogens with zero attached hydrogens (tertiary/aromatic N) is 1. The van der Waals surface area contributed by atoms with Crippen LogP contribution in [0.5, 0.6) is 0 Å². The number of thioether (sulfide) groups is 1. The molecule has 0 spiro atoms. The third-order valence-corrected chi connectivity index (χ3v) is 7.18. The lowest BCUT2D eigenvalue weighted by atomic mass is 9.98. The normalized spacial score (nSPS) is 16.8. The molecule has 1 unspecified atom stereocenters. The van der Waals surface area contributed by atoms with E-state index in [0.29, 0.717) is 31.0 Å². The number of aliphatic carboxylic acids is 1. The molecule has 0 bridgehead atoms. The quantitative estimate of drug-likeness (QED) is 0.539. The molecule has 1 saturated heterocycles. The van der Waals surface area contributed by atoms with Crippen LogP contribution in [0.15, 0.2) is 48.5 Å². The van der Waals surface area contributed by atoms with E-state index < -0.39 is 18.1 Å². The lowest BCUT2D eigenvalue weighted by Gasteiger charge is -2.20. The van der Waals surface area contributed by atoms with E-state index in [2.05, 4.69) is 29.6 Å². The van der Waals surface area contributed by atoms with Crippen LogP contribution in [0.25, 0.3) is 11.1 Å². The van der Waals surface area contributed by atoms with Gasteiger partial charge in [0.1, 0.15) is 12.6 Å². The molecule has 8 heteroatoms. The Bertz CT molecular complexity index is 982. The summed E-state index contributed by atoms with van der Waals surface area (Å²) in [7, 11) is 0. The summed E-state index contributed by atoms with van der Waals surface area (Å²) in [6.07, 6.45) is 2.06. The molecule has 174 valence electrons. The third kappa shape index (κ3) is 5.33. The van der Waals surface area contributed by atoms with Gasteiger partial charge in [-0.25, -0.2) is 9.59 Å². The number of carboxylic acids is 1. The topological polar surface area (TPSA) is 95.9 Å². The van der Waals surface area contributed by atoms with Gasteiger partial charge in [-0.15, -0.1) is 11.8 Å². The summed E-state index contributed by atoms with van der Waals surface area (Å²) < 4.78 is 5.52. The number of ether oxygens (including phenoxy) is 1. The highest BCUT2D eigenvalue weighted by molar-refractivity contribution is 7.99. The van der Waals surface area contributed by atoms with Gasteiger partial charge in [0.15, 0.2) is 0 Å². The summed E-state index contributed by atoms with van der Waals surface area (Å²) in [4.78, 5) is 37.1. The second kappa shape index (κ2) is 10.7. The zero-order valence-corrected chi connectivity index (χ0v) is 19.2. The van der Waals surface area contributed by atoms with Gasteiger partial charge in [-0.1, -0.05) is 55.0 Å². The van der Waals surface area contributed by atoms with Crippen LogP contribution >= 0.6 is 11.8 Å². The fraction of sp³-hybridized carbons (Fsp3) is 0.400. The molecule has 33 heavy (non-hydrogen) atoms. The van der Waals surface area contributed by atoms with Crippen molar-refractivity contribution >= 4 is 29.7 Å². The molecule has 2 amide bonds. The first-order chi connectivity index (χ1) is 16.1. The van der Waals surface area contributed by atoms with E-state index in [9.17, 15) is 19.5 Å². The molecule has 1 atom stereocenters. The van der Waals surface area contributed by atoms with Crippen molar-refractivity contribution in [1.29, 1.82) is 0 Å². The number of alkyl carbamates (subject to hydrolysis) is 1. The molecule has 7 nitrogen and oxygen atoms in total. The summed E-state index contributed by atoms with van der Waals surface area (Å²) >= 11 is 1.47. The standard InChI is InChI=1S/C25H28N2O5S/c28-23(27-16-33-15-22(27)24(29)30)12-2-1-7-13-26-25(31)32-14-21-19-10-5-3-8-17(19)18-9-4-6-11-20(18)21/h3-6,8-11,21-22H,1-2,7,12-16H2,(H,26,31)(H,29,30). The maximum atomic E-state index is 12.2. The van der Waals surface area contributed by atoms with E-state index in [1.165, 1.54) is 38.9 Å². The molecule has 4 rings (SSSR count). The molecule has 0 radical (unpaired) electrons. The van der Waals surface area contributed by atoms with Gasteiger partial charge < -0.3 is 20.1 Å². The van der Waals surface area contributed by atoms with E-state index in [1.807, 2.05) is 24.3 Å². The number of benzene rings is 2. The molecule has 1 aliphatic carbocycles. The highest BCUT2D eigenvalue weighted by Gasteiger charge is 2.34. The lowest BCUT2D eigenvalue weighted by Crippen LogP contribution is -2.41. The fourth-order valence-electron chi connectivity index (χ4n) is 4.45. The Morgan fingerprint density at radius 2 is 1.67 bits per heavy atom. The minimum Gasteiger partial charge on any atom is -0.480 e. The van der Waals surface area contributed by atoms with Crippen molar-refractivity contribution in [3.05, 3.63) is 59.7 Å². The van der Waals surface area contributed by atoms with Crippen LogP contribution in [-0.4, -0.2) is 58.8 Å². The highest BCUT2D eigenvalue weighted by atomic mass is 32.2. The van der Waals surface area contributed by atoms with Crippen molar-refractivity contribution in [2.24, 2.45) is 0 Å². The van der Waals surface area contributed by atoms with Gasteiger partial charge in [-0.2, -0.15) is 0 Å². The average Bonchev–Trinajstić information content (AvgIpc) is 3.43. The number of carbonyl (C=O) groups excluding carboxylic acids is 2. The second-order valence-corrected chi connectivity index (χ2v) is 9.28. The van der Waals surface area contributed by atoms with Crippen molar-refractivity contribution in [3.8, 4) is 11.1 Å². The number of fused-ring (bicyclic) bond motifs is 3. The van der Waals surface area contributed by atoms with Gasteiger partial charge in [-0.05, 0) is 35.1 Å². The van der Waals surface area contributed by atoms with Crippen LogP contribution in [0.2, 0.25) is 0 Å². The van der Waals surface area contributed by atoms with Crippen LogP contribution < -0.4 is 5.32 Å². The number of hydrogen-bond acceptors (Lipinski definition) is 5. The number of amides is 2. The van der Waals surface area contributed by atoms with Crippen molar-refractivity contribution in [2.45, 2.75) is 37.6 Å². The van der Waals surface area contributed by atoms with E-state index in [4.69, 9.17) is 4.74 Å². The maximum absolute atomic E-state index is 12.2. The minimum atomic E-state index is -0.944. The molecule has 2 aliphatic rings. The average molecular weight is 469 g/mol. The van der Waals surface area contributed by atoms with Gasteiger partial charge in [0.05, 0.1) is 5.88 Å². The zero-order chi connectivity index (χ0) is 23.2. The lowest BCUT2D eigenvalue weighted by molar-refractivity contribution is -0.147. The van der Waals surface area contributed by atoms with Gasteiger partial charge in [0.2, 0.25) is 5.91 Å². The summed E-state index contributed by atoms with van der Waals surface area (Å²) in [5.41, 5.74) is 4.74. The minimum absolute atomic E-state index is 0.0348. The predicted molar refractivity (Wildman–Crippen MR) is 127 cm³/mol. The molecule has 0 aromatic heterocycles. The fourth-order valence-corrected chi connectivity index (χ4v) is 5.63. The number of hydrogen-bond donors (Lipinski definition) is 2. The van der Waals surface area contributed by atoms with Crippen molar-refractivity contribution in [1.82, 2.24) is 10.2 Å². The predicted octanol–water partition coefficient (Wildman–Crippen LogP) is 4.07. The number of carbonyl (C=O) groups is 3. The molecule has 1 heterocycles. The maximum Gasteiger partial charge on any atom is 0.407 e. The summed E-state index contributed by atoms with van der Waals surface area (Å²) in [5, 5.41) is 12.0. The Hall–Kier alpha value is -3.00. The van der Waals surface area contributed by atoms with Crippen LogP contribution in [0, 0.1) is 0 Å². The van der Waals surface area contributed by atoms with E-state index >= 15 is 0 Å².